The molecule has 0 spiro atoms. The molecule has 0 aliphatic rings. The number of aliphatic carboxylic acids is 1. The summed E-state index contributed by atoms with van der Waals surface area (Å²) >= 11 is 0. The van der Waals surface area contributed by atoms with Crippen LogP contribution in [0.15, 0.2) is 30.3 Å². The van der Waals surface area contributed by atoms with E-state index in [2.05, 4.69) is 16.0 Å². The van der Waals surface area contributed by atoms with E-state index in [0.29, 0.717) is 13.0 Å². The fourth-order valence-electron chi connectivity index (χ4n) is 2.31. The minimum absolute atomic E-state index is 0.0272. The first-order valence-electron chi connectivity index (χ1n) is 8.92. The quantitative estimate of drug-likeness (QED) is 0.450. The SMILES string of the molecule is C[C@H](NC(=O)CCCC(=O)O)C(=O)N[C@@H](C)C(=O)NCCc1ccccc1. The first kappa shape index (κ1) is 22.1. The molecular weight excluding hydrogens is 350 g/mol. The Labute approximate surface area is 158 Å². The van der Waals surface area contributed by atoms with Crippen molar-refractivity contribution in [3.8, 4) is 0 Å². The number of carbonyl (C=O) groups is 4. The van der Waals surface area contributed by atoms with Gasteiger partial charge in [0.25, 0.3) is 0 Å². The number of amides is 3. The summed E-state index contributed by atoms with van der Waals surface area (Å²) in [5, 5.41) is 16.3. The van der Waals surface area contributed by atoms with Gasteiger partial charge in [0.05, 0.1) is 0 Å². The number of rotatable bonds is 11. The van der Waals surface area contributed by atoms with Crippen LogP contribution in [0.4, 0.5) is 0 Å². The molecule has 0 saturated heterocycles. The average molecular weight is 377 g/mol. The summed E-state index contributed by atoms with van der Waals surface area (Å²) in [6, 6.07) is 8.16. The highest BCUT2D eigenvalue weighted by Crippen LogP contribution is 1.99. The van der Waals surface area contributed by atoms with Crippen molar-refractivity contribution in [1.29, 1.82) is 0 Å². The molecule has 0 fully saturated rings. The zero-order valence-electron chi connectivity index (χ0n) is 15.7. The van der Waals surface area contributed by atoms with Gasteiger partial charge in [-0.15, -0.1) is 0 Å². The molecule has 0 radical (unpaired) electrons. The van der Waals surface area contributed by atoms with Crippen LogP contribution < -0.4 is 16.0 Å². The Kier molecular flexibility index (Phi) is 9.57. The Bertz CT molecular complexity index is 648. The van der Waals surface area contributed by atoms with E-state index < -0.39 is 29.9 Å². The standard InChI is InChI=1S/C19H27N3O5/c1-13(18(26)20-12-11-15-7-4-3-5-8-15)22-19(27)14(2)21-16(23)9-6-10-17(24)25/h3-5,7-8,13-14H,6,9-12H2,1-2H3,(H,20,26)(H,21,23)(H,22,27)(H,24,25)/t13-,14-/m0/s1. The molecule has 1 aromatic carbocycles. The Morgan fingerprint density at radius 2 is 1.56 bits per heavy atom. The predicted octanol–water partition coefficient (Wildman–Crippen LogP) is 0.610. The molecule has 0 bridgehead atoms. The van der Waals surface area contributed by atoms with Gasteiger partial charge in [-0.25, -0.2) is 0 Å². The van der Waals surface area contributed by atoms with Crippen LogP contribution in [-0.2, 0) is 25.6 Å². The van der Waals surface area contributed by atoms with Crippen molar-refractivity contribution >= 4 is 23.7 Å². The molecule has 0 aromatic heterocycles. The van der Waals surface area contributed by atoms with Crippen molar-refractivity contribution < 1.29 is 24.3 Å². The van der Waals surface area contributed by atoms with Crippen LogP contribution in [-0.4, -0.2) is 47.4 Å². The summed E-state index contributed by atoms with van der Waals surface area (Å²) in [5.74, 6) is -2.16. The van der Waals surface area contributed by atoms with Crippen molar-refractivity contribution in [1.82, 2.24) is 16.0 Å². The van der Waals surface area contributed by atoms with Crippen LogP contribution in [0.25, 0.3) is 0 Å². The number of carboxylic acids is 1. The fourth-order valence-corrected chi connectivity index (χ4v) is 2.31. The van der Waals surface area contributed by atoms with Crippen LogP contribution in [0.3, 0.4) is 0 Å². The maximum atomic E-state index is 12.1. The lowest BCUT2D eigenvalue weighted by atomic mass is 10.1. The van der Waals surface area contributed by atoms with E-state index in [9.17, 15) is 19.2 Å². The van der Waals surface area contributed by atoms with Crippen molar-refractivity contribution in [2.45, 2.75) is 51.6 Å². The van der Waals surface area contributed by atoms with Crippen LogP contribution in [0, 0.1) is 0 Å². The van der Waals surface area contributed by atoms with Crippen molar-refractivity contribution in [3.05, 3.63) is 35.9 Å². The summed E-state index contributed by atoms with van der Waals surface area (Å²) in [5.41, 5.74) is 1.11. The molecule has 1 aromatic rings. The maximum Gasteiger partial charge on any atom is 0.303 e. The summed E-state index contributed by atoms with van der Waals surface area (Å²) in [6.07, 6.45) is 0.819. The molecular formula is C19H27N3O5. The molecule has 4 N–H and O–H groups in total. The summed E-state index contributed by atoms with van der Waals surface area (Å²) in [6.45, 7) is 3.53. The van der Waals surface area contributed by atoms with E-state index in [1.165, 1.54) is 6.92 Å². The molecule has 0 heterocycles. The molecule has 27 heavy (non-hydrogen) atoms. The van der Waals surface area contributed by atoms with E-state index in [-0.39, 0.29) is 25.2 Å². The lowest BCUT2D eigenvalue weighted by molar-refractivity contribution is -0.137. The molecule has 0 unspecified atom stereocenters. The smallest absolute Gasteiger partial charge is 0.303 e. The highest BCUT2D eigenvalue weighted by Gasteiger charge is 2.20. The first-order chi connectivity index (χ1) is 12.8. The zero-order valence-corrected chi connectivity index (χ0v) is 15.7. The lowest BCUT2D eigenvalue weighted by Gasteiger charge is -2.18. The predicted molar refractivity (Wildman–Crippen MR) is 99.9 cm³/mol. The molecule has 0 aliphatic carbocycles. The third kappa shape index (κ3) is 9.39. The van der Waals surface area contributed by atoms with Gasteiger partial charge < -0.3 is 21.1 Å². The molecule has 2 atom stereocenters. The Hall–Kier alpha value is -2.90. The third-order valence-electron chi connectivity index (χ3n) is 3.87. The van der Waals surface area contributed by atoms with E-state index in [1.807, 2.05) is 30.3 Å². The minimum atomic E-state index is -0.972. The number of carboxylic acid groups (broad SMARTS) is 1. The molecule has 8 nitrogen and oxygen atoms in total. The summed E-state index contributed by atoms with van der Waals surface area (Å²) in [4.78, 5) is 46.2. The molecule has 8 heteroatoms. The average Bonchev–Trinajstić information content (AvgIpc) is 2.61. The molecule has 1 rings (SSSR count). The van der Waals surface area contributed by atoms with Crippen LogP contribution in [0.1, 0.15) is 38.7 Å². The normalized spacial score (nSPS) is 12.5. The molecule has 0 saturated carbocycles. The second-order valence-electron chi connectivity index (χ2n) is 6.29. The van der Waals surface area contributed by atoms with Gasteiger partial charge in [0.15, 0.2) is 0 Å². The van der Waals surface area contributed by atoms with E-state index in [4.69, 9.17) is 5.11 Å². The molecule has 3 amide bonds. The van der Waals surface area contributed by atoms with Crippen molar-refractivity contribution in [2.75, 3.05) is 6.54 Å². The highest BCUT2D eigenvalue weighted by molar-refractivity contribution is 5.91. The Morgan fingerprint density at radius 3 is 2.19 bits per heavy atom. The number of benzene rings is 1. The third-order valence-corrected chi connectivity index (χ3v) is 3.87. The summed E-state index contributed by atoms with van der Waals surface area (Å²) < 4.78 is 0. The minimum Gasteiger partial charge on any atom is -0.481 e. The largest absolute Gasteiger partial charge is 0.481 e. The van der Waals surface area contributed by atoms with Crippen LogP contribution in [0.5, 0.6) is 0 Å². The second-order valence-corrected chi connectivity index (χ2v) is 6.29. The number of carbonyl (C=O) groups excluding carboxylic acids is 3. The molecule has 148 valence electrons. The number of hydrogen-bond acceptors (Lipinski definition) is 4. The number of nitrogens with one attached hydrogen (secondary N) is 3. The number of hydrogen-bond donors (Lipinski definition) is 4. The first-order valence-corrected chi connectivity index (χ1v) is 8.92. The van der Waals surface area contributed by atoms with Gasteiger partial charge in [0, 0.05) is 19.4 Å². The fraction of sp³-hybridized carbons (Fsp3) is 0.474. The Morgan fingerprint density at radius 1 is 0.926 bits per heavy atom. The van der Waals surface area contributed by atoms with Gasteiger partial charge in [-0.3, -0.25) is 19.2 Å². The van der Waals surface area contributed by atoms with Crippen LogP contribution >= 0.6 is 0 Å². The lowest BCUT2D eigenvalue weighted by Crippen LogP contribution is -2.51. The van der Waals surface area contributed by atoms with E-state index >= 15 is 0 Å². The van der Waals surface area contributed by atoms with Gasteiger partial charge in [0.1, 0.15) is 12.1 Å². The van der Waals surface area contributed by atoms with Crippen molar-refractivity contribution in [3.63, 3.8) is 0 Å². The van der Waals surface area contributed by atoms with Crippen molar-refractivity contribution in [2.24, 2.45) is 0 Å². The zero-order chi connectivity index (χ0) is 20.2. The van der Waals surface area contributed by atoms with Gasteiger partial charge in [0.2, 0.25) is 17.7 Å². The van der Waals surface area contributed by atoms with E-state index in [0.717, 1.165) is 5.56 Å². The highest BCUT2D eigenvalue weighted by atomic mass is 16.4. The van der Waals surface area contributed by atoms with E-state index in [1.54, 1.807) is 6.92 Å². The maximum absolute atomic E-state index is 12.1. The summed E-state index contributed by atoms with van der Waals surface area (Å²) in [7, 11) is 0. The molecule has 0 aliphatic heterocycles. The van der Waals surface area contributed by atoms with Crippen LogP contribution in [0.2, 0.25) is 0 Å². The Balaban J connectivity index is 2.29. The topological polar surface area (TPSA) is 125 Å². The van der Waals surface area contributed by atoms with Gasteiger partial charge in [-0.05, 0) is 32.3 Å². The van der Waals surface area contributed by atoms with Gasteiger partial charge >= 0.3 is 5.97 Å². The van der Waals surface area contributed by atoms with Gasteiger partial charge in [-0.1, -0.05) is 30.3 Å². The monoisotopic (exact) mass is 377 g/mol. The van der Waals surface area contributed by atoms with Gasteiger partial charge in [-0.2, -0.15) is 0 Å². The second kappa shape index (κ2) is 11.7.